The predicted molar refractivity (Wildman–Crippen MR) is 370 cm³/mol. The molecule has 0 spiro atoms. The van der Waals surface area contributed by atoms with Crippen LogP contribution in [0.4, 0.5) is 19.9 Å². The van der Waals surface area contributed by atoms with Gasteiger partial charge < -0.3 is 61.4 Å². The number of ether oxygens (including phenoxy) is 4. The molecule has 0 radical (unpaired) electrons. The van der Waals surface area contributed by atoms with Gasteiger partial charge in [-0.1, -0.05) is 45.0 Å². The Bertz CT molecular complexity index is 4300. The van der Waals surface area contributed by atoms with Gasteiger partial charge in [-0.3, -0.25) is 19.2 Å². The number of carbonyl (C=O) groups excluding carboxylic acids is 6. The number of anilines is 2. The van der Waals surface area contributed by atoms with Gasteiger partial charge in [0.05, 0.1) is 47.7 Å². The van der Waals surface area contributed by atoms with Crippen molar-refractivity contribution in [2.75, 3.05) is 37.8 Å². The molecular formula is C62H80N24O16S3+2. The van der Waals surface area contributed by atoms with Crippen LogP contribution in [0.3, 0.4) is 0 Å². The Hall–Kier alpha value is -11.3. The zero-order chi connectivity index (χ0) is 75.8. The number of nitrogen functional groups attached to an aromatic ring is 2. The molecule has 2 fully saturated rings. The van der Waals surface area contributed by atoms with Gasteiger partial charge in [0.2, 0.25) is 36.3 Å². The van der Waals surface area contributed by atoms with Gasteiger partial charge in [-0.05, 0) is 117 Å². The highest BCUT2D eigenvalue weighted by Crippen LogP contribution is 2.37. The smallest absolute Gasteiger partial charge is 0.442 e. The molecule has 0 aliphatic carbocycles. The Morgan fingerprint density at radius 3 is 1.32 bits per heavy atom. The maximum atomic E-state index is 14.2. The van der Waals surface area contributed by atoms with Crippen LogP contribution in [0.2, 0.25) is 0 Å². The number of hydrogen-bond acceptors (Lipinski definition) is 30. The lowest BCUT2D eigenvalue weighted by Crippen LogP contribution is -2.78. The molecular weight excluding hydrogens is 1430 g/mol. The molecule has 2 aliphatic heterocycles. The Kier molecular flexibility index (Phi) is 23.1. The Balaban J connectivity index is 0.727. The number of nitrogens with two attached hydrogens (primary N) is 2. The van der Waals surface area contributed by atoms with Crippen LogP contribution in [-0.2, 0) is 84.5 Å². The number of hydroxylamine groups is 4. The number of carbonyl (C=O) groups is 6. The van der Waals surface area contributed by atoms with Crippen molar-refractivity contribution in [3.8, 4) is 33.8 Å². The first-order chi connectivity index (χ1) is 49.6. The number of aryl methyl sites for hydroxylation is 4. The lowest BCUT2D eigenvalue weighted by Gasteiger charge is -2.52. The number of thiazole rings is 2. The maximum absolute atomic E-state index is 14.2. The summed E-state index contributed by atoms with van der Waals surface area (Å²) in [6.07, 6.45) is 5.82. The highest BCUT2D eigenvalue weighted by atomic mass is 32.3. The summed E-state index contributed by atoms with van der Waals surface area (Å²) in [6.45, 7) is 17.8. The molecule has 4 atom stereocenters. The standard InChI is InChI=1S/C62H78N24O16S3/c1-59(2,3)97-57(91)65-23-13-25-83-29-37(27-81(83)11)35-15-19-39(20-16-35)95-31-43(49-71-77-78-72-49)99-75-45(41-33-103-55(63)67-41)51(87)69-47-53(89)85(61(47,7)8)101-105(93,94)102-86-54(90)48(62(86,9)10)70-52(88)46(42-34-104-56(64)68-42)76-100-44(50-73-79-80-74-50)32-96-40-21-17-36(18-22-40)38-28-82(12)84(30-38)26-14-24-66-58(92)98-60(4,5)6/h15-22,27-30,33-34,43-44,47-48H,13-14,23-26,31-32H2,1-12H3,(H8-2,63,64,65,66,67,68,69,70,71,72,73,74,77,78,79,80,87,88,91,92)/p+2/b75-45-,76-46-/t43-,44-,47+,48+/m0/s1. The van der Waals surface area contributed by atoms with Crippen LogP contribution in [-0.4, -0.2) is 187 Å². The van der Waals surface area contributed by atoms with Gasteiger partial charge in [0.25, 0.3) is 23.6 Å². The number of oxime groups is 2. The zero-order valence-electron chi connectivity index (χ0n) is 59.1. The van der Waals surface area contributed by atoms with E-state index in [1.807, 2.05) is 81.9 Å². The molecule has 43 heteroatoms. The molecule has 0 saturated carbocycles. The summed E-state index contributed by atoms with van der Waals surface area (Å²) in [6, 6.07) is 11.4. The van der Waals surface area contributed by atoms with Gasteiger partial charge in [0.1, 0.15) is 59.4 Å². The highest BCUT2D eigenvalue weighted by Gasteiger charge is 2.61. The van der Waals surface area contributed by atoms with Crippen molar-refractivity contribution >= 4 is 90.6 Å². The Morgan fingerprint density at radius 1 is 0.619 bits per heavy atom. The molecule has 10 rings (SSSR count). The van der Waals surface area contributed by atoms with Gasteiger partial charge in [0.15, 0.2) is 35.8 Å². The van der Waals surface area contributed by atoms with Gasteiger partial charge in [0, 0.05) is 23.8 Å². The molecule has 560 valence electrons. The fourth-order valence-electron chi connectivity index (χ4n) is 10.4. The fraction of sp³-hybridized carbons (Fsp3) is 0.452. The van der Waals surface area contributed by atoms with Gasteiger partial charge in [-0.25, -0.2) is 19.6 Å². The molecule has 2 saturated heterocycles. The molecule has 2 aliphatic rings. The Morgan fingerprint density at radius 2 is 1.00 bits per heavy atom. The minimum atomic E-state index is -5.35. The van der Waals surface area contributed by atoms with Gasteiger partial charge in [-0.2, -0.15) is 38.3 Å². The summed E-state index contributed by atoms with van der Waals surface area (Å²) in [5, 5.41) is 50.6. The third-order valence-corrected chi connectivity index (χ3v) is 17.7. The summed E-state index contributed by atoms with van der Waals surface area (Å²) in [5.41, 5.74) is 9.96. The van der Waals surface area contributed by atoms with Crippen LogP contribution in [0.1, 0.15) is 117 Å². The molecule has 8 aromatic rings. The summed E-state index contributed by atoms with van der Waals surface area (Å²) in [4.78, 5) is 100. The lowest BCUT2D eigenvalue weighted by molar-refractivity contribution is -0.753. The topological polar surface area (TPSA) is 494 Å². The molecule has 105 heavy (non-hydrogen) atoms. The van der Waals surface area contributed by atoms with Crippen LogP contribution in [0.15, 0.2) is 94.4 Å². The quantitative estimate of drug-likeness (QED) is 0.00985. The number of rotatable bonds is 32. The molecule has 2 aromatic carbocycles. The van der Waals surface area contributed by atoms with Crippen LogP contribution in [0.25, 0.3) is 22.3 Å². The second kappa shape index (κ2) is 31.7. The molecule has 40 nitrogen and oxygen atoms in total. The number of nitrogens with one attached hydrogen (secondary N) is 6. The number of amides is 6. The number of aromatic nitrogens is 14. The number of nitrogens with zero attached hydrogens (tertiary/aromatic N) is 16. The maximum Gasteiger partial charge on any atom is 0.442 e. The highest BCUT2D eigenvalue weighted by molar-refractivity contribution is 7.81. The second-order valence-electron chi connectivity index (χ2n) is 26.8. The average Bonchev–Trinajstić information content (AvgIpc) is 1.70. The molecule has 0 unspecified atom stereocenters. The number of hydrogen-bond donors (Lipinski definition) is 8. The van der Waals surface area contributed by atoms with E-state index >= 15 is 0 Å². The molecule has 6 aromatic heterocycles. The SMILES string of the molecule is C[n+]1cc(-c2ccc(OC[C@H](O/N=C(\C(=O)N[C@@H]3C(=O)N(OS(=O)(=O)ON4C(=O)[C@@H](NC(=O)/C(=N\O[C@@H](COc5ccc(-c6cn(CCCNC(=O)OC(C)(C)C)[n+](C)c6)cc5)c5nn[nH]n5)c5csc(N)n5)C4(C)C)C3(C)C)c3csc(N)n3)c3nn[nH]n3)cc2)cn1CCCNC(=O)OC(C)(C)C. The van der Waals surface area contributed by atoms with Crippen molar-refractivity contribution in [2.24, 2.45) is 24.4 Å². The number of aromatic amines is 2. The average molecular weight is 1510 g/mol. The van der Waals surface area contributed by atoms with E-state index in [-0.39, 0.29) is 46.5 Å². The van der Waals surface area contributed by atoms with E-state index in [1.54, 1.807) is 65.8 Å². The van der Waals surface area contributed by atoms with Crippen LogP contribution >= 0.6 is 22.7 Å². The first kappa shape index (κ1) is 76.3. The fourth-order valence-corrected chi connectivity index (χ4v) is 12.4. The van der Waals surface area contributed by atoms with E-state index in [9.17, 15) is 37.2 Å². The summed E-state index contributed by atoms with van der Waals surface area (Å²) < 4.78 is 68.3. The van der Waals surface area contributed by atoms with E-state index in [2.05, 4.69) is 82.8 Å². The van der Waals surface area contributed by atoms with E-state index in [0.717, 1.165) is 44.9 Å². The van der Waals surface area contributed by atoms with E-state index < -0.39 is 104 Å². The molecule has 10 N–H and O–H groups in total. The largest absolute Gasteiger partial charge is 0.489 e. The number of alkyl carbamates (subject to hydrolysis) is 2. The van der Waals surface area contributed by atoms with Gasteiger partial charge in [-0.15, -0.1) is 61.0 Å². The third kappa shape index (κ3) is 19.3. The predicted octanol–water partition coefficient (Wildman–Crippen LogP) is 2.31. The van der Waals surface area contributed by atoms with E-state index in [4.69, 9.17) is 48.7 Å². The first-order valence-electron chi connectivity index (χ1n) is 32.4. The summed E-state index contributed by atoms with van der Waals surface area (Å²) in [5.74, 6) is -3.40. The van der Waals surface area contributed by atoms with Crippen molar-refractivity contribution in [3.63, 3.8) is 0 Å². The minimum Gasteiger partial charge on any atom is -0.489 e. The first-order valence-corrected chi connectivity index (χ1v) is 35.5. The van der Waals surface area contributed by atoms with E-state index in [0.29, 0.717) is 60.6 Å². The number of β-lactam (4-membered cyclic amide) rings is 2. The summed E-state index contributed by atoms with van der Waals surface area (Å²) >= 11 is 1.94. The van der Waals surface area contributed by atoms with Crippen LogP contribution in [0, 0.1) is 0 Å². The monoisotopic (exact) mass is 1510 g/mol. The van der Waals surface area contributed by atoms with Crippen molar-refractivity contribution in [1.29, 1.82) is 0 Å². The third-order valence-electron chi connectivity index (χ3n) is 15.7. The minimum absolute atomic E-state index is 0.0177. The number of H-pyrrole nitrogens is 2. The molecule has 6 amide bonds. The normalized spacial score (nSPS) is 16.5. The van der Waals surface area contributed by atoms with Crippen molar-refractivity contribution in [3.05, 3.63) is 107 Å². The van der Waals surface area contributed by atoms with Gasteiger partial charge >= 0.3 is 22.6 Å². The summed E-state index contributed by atoms with van der Waals surface area (Å²) in [7, 11) is -1.54. The number of benzene rings is 2. The second-order valence-corrected chi connectivity index (χ2v) is 29.7. The van der Waals surface area contributed by atoms with Crippen molar-refractivity contribution in [2.45, 2.75) is 142 Å². The number of tetrazole rings is 2. The lowest BCUT2D eigenvalue weighted by atomic mass is 9.84. The van der Waals surface area contributed by atoms with Crippen molar-refractivity contribution < 1.29 is 83.7 Å². The van der Waals surface area contributed by atoms with Crippen LogP contribution in [0.5, 0.6) is 11.5 Å². The Labute approximate surface area is 608 Å². The zero-order valence-corrected chi connectivity index (χ0v) is 61.6. The van der Waals surface area contributed by atoms with Crippen molar-refractivity contribution in [1.82, 2.24) is 92.0 Å². The van der Waals surface area contributed by atoms with Crippen LogP contribution < -0.4 is 51.6 Å². The molecule has 8 heterocycles. The molecule has 0 bridgehead atoms. The van der Waals surface area contributed by atoms with E-state index in [1.165, 1.54) is 38.5 Å².